The highest BCUT2D eigenvalue weighted by Crippen LogP contribution is 2.65. The molecule has 0 aromatic rings. The van der Waals surface area contributed by atoms with Crippen LogP contribution in [-0.2, 0) is 24.0 Å². The van der Waals surface area contributed by atoms with Crippen LogP contribution in [0, 0.1) is 29.1 Å². The summed E-state index contributed by atoms with van der Waals surface area (Å²) in [5.74, 6) is -1.93. The van der Waals surface area contributed by atoms with Crippen molar-refractivity contribution in [3.63, 3.8) is 0 Å². The lowest BCUT2D eigenvalue weighted by molar-refractivity contribution is -0.144. The fraction of sp³-hybridized carbons (Fsp3) is 0.784. The highest BCUT2D eigenvalue weighted by Gasteiger charge is 2.69. The van der Waals surface area contributed by atoms with Gasteiger partial charge in [0.2, 0.25) is 17.6 Å². The Morgan fingerprint density at radius 1 is 0.896 bits per heavy atom. The minimum atomic E-state index is -0.992. The van der Waals surface area contributed by atoms with Gasteiger partial charge < -0.3 is 26.2 Å². The van der Waals surface area contributed by atoms with Crippen LogP contribution in [0.4, 0.5) is 4.79 Å². The number of piperidine rings is 1. The van der Waals surface area contributed by atoms with Gasteiger partial charge in [-0.25, -0.2) is 4.79 Å². The molecule has 0 aromatic carbocycles. The molecule has 48 heavy (non-hydrogen) atoms. The van der Waals surface area contributed by atoms with E-state index < -0.39 is 47.8 Å². The van der Waals surface area contributed by atoms with Gasteiger partial charge in [-0.15, -0.1) is 6.58 Å². The van der Waals surface area contributed by atoms with Crippen LogP contribution in [0.25, 0.3) is 0 Å². The number of Topliss-reactive ketones (excluding diaryl/α,β-unsaturated/α-hetero) is 2. The van der Waals surface area contributed by atoms with E-state index in [9.17, 15) is 28.8 Å². The predicted octanol–water partition coefficient (Wildman–Crippen LogP) is 3.95. The van der Waals surface area contributed by atoms with Crippen molar-refractivity contribution in [3.05, 3.63) is 12.7 Å². The first-order chi connectivity index (χ1) is 23.0. The maximum atomic E-state index is 14.4. The third-order valence-electron chi connectivity index (χ3n) is 11.8. The van der Waals surface area contributed by atoms with Gasteiger partial charge in [-0.3, -0.25) is 24.0 Å². The van der Waals surface area contributed by atoms with Crippen LogP contribution in [-0.4, -0.2) is 77.5 Å². The van der Waals surface area contributed by atoms with E-state index in [0.717, 1.165) is 83.5 Å². The van der Waals surface area contributed by atoms with Crippen molar-refractivity contribution < 1.29 is 28.8 Å². The molecule has 11 heteroatoms. The van der Waals surface area contributed by atoms with Crippen molar-refractivity contribution in [3.8, 4) is 0 Å². The van der Waals surface area contributed by atoms with Crippen LogP contribution < -0.4 is 21.3 Å². The van der Waals surface area contributed by atoms with Crippen molar-refractivity contribution in [2.75, 3.05) is 13.1 Å². The Bertz CT molecular complexity index is 1240. The molecule has 0 aromatic heterocycles. The zero-order valence-corrected chi connectivity index (χ0v) is 29.0. The van der Waals surface area contributed by atoms with Gasteiger partial charge in [-0.1, -0.05) is 84.1 Å². The number of nitrogens with one attached hydrogen (secondary N) is 4. The number of amides is 5. The van der Waals surface area contributed by atoms with Crippen molar-refractivity contribution in [2.24, 2.45) is 29.1 Å². The Balaban J connectivity index is 1.34. The zero-order chi connectivity index (χ0) is 34.4. The zero-order valence-electron chi connectivity index (χ0n) is 29.0. The average Bonchev–Trinajstić information content (AvgIpc) is 3.96. The molecule has 5 fully saturated rings. The predicted molar refractivity (Wildman–Crippen MR) is 182 cm³/mol. The summed E-state index contributed by atoms with van der Waals surface area (Å²) in [5.41, 5.74) is -0.156. The number of urea groups is 1. The lowest BCUT2D eigenvalue weighted by Crippen LogP contribution is -2.59. The molecule has 2 heterocycles. The van der Waals surface area contributed by atoms with E-state index in [2.05, 4.69) is 41.7 Å². The minimum absolute atomic E-state index is 0.0178. The number of carbonyl (C=O) groups is 6. The molecular weight excluding hydrogens is 610 g/mol. The Kier molecular flexibility index (Phi) is 12.0. The van der Waals surface area contributed by atoms with Gasteiger partial charge in [0, 0.05) is 19.0 Å². The number of fused-ring (bicyclic) bond motifs is 3. The summed E-state index contributed by atoms with van der Waals surface area (Å²) >= 11 is 0. The normalized spacial score (nSPS) is 30.5. The average molecular weight is 668 g/mol. The molecule has 2 aliphatic heterocycles. The second kappa shape index (κ2) is 16.0. The molecule has 0 radical (unpaired) electrons. The van der Waals surface area contributed by atoms with Crippen LogP contribution in [0.15, 0.2) is 12.7 Å². The fourth-order valence-electron chi connectivity index (χ4n) is 8.64. The first kappa shape index (κ1) is 36.1. The van der Waals surface area contributed by atoms with E-state index in [0.29, 0.717) is 25.8 Å². The summed E-state index contributed by atoms with van der Waals surface area (Å²) in [4.78, 5) is 82.8. The van der Waals surface area contributed by atoms with Gasteiger partial charge in [-0.2, -0.15) is 0 Å². The lowest BCUT2D eigenvalue weighted by atomic mass is 9.81. The van der Waals surface area contributed by atoms with E-state index in [1.165, 1.54) is 6.08 Å². The topological polar surface area (TPSA) is 154 Å². The molecule has 6 atom stereocenters. The molecule has 4 N–H and O–H groups in total. The highest BCUT2D eigenvalue weighted by atomic mass is 16.2. The summed E-state index contributed by atoms with van der Waals surface area (Å²) in [6.45, 7) is 8.30. The van der Waals surface area contributed by atoms with Crippen molar-refractivity contribution in [1.82, 2.24) is 26.2 Å². The van der Waals surface area contributed by atoms with E-state index in [1.54, 1.807) is 4.90 Å². The second-order valence-electron chi connectivity index (χ2n) is 15.6. The highest BCUT2D eigenvalue weighted by molar-refractivity contribution is 6.38. The second-order valence-corrected chi connectivity index (χ2v) is 15.6. The summed E-state index contributed by atoms with van der Waals surface area (Å²) < 4.78 is 0. The summed E-state index contributed by atoms with van der Waals surface area (Å²) in [5, 5.41) is 11.4. The standard InChI is InChI=1S/C37H57N5O6/c1-4-21-38-34(46)32(44)26-17-13-8-6-5-7-9-14-18-27(35(47)42-22-25-28(37(25,2)3)30(42)33(45)39-26)40-36(48)41-29(31(43)24-19-20-24)23-15-11-10-12-16-23/h4,23-30H,1,5-22H2,2-3H3,(H,38,46)(H,39,45)(H2,40,41,48)/t25-,26+,27+,28-,29+,30+/m1/s1. The van der Waals surface area contributed by atoms with Crippen LogP contribution in [0.5, 0.6) is 0 Å². The number of rotatable bonds is 9. The summed E-state index contributed by atoms with van der Waals surface area (Å²) in [6.07, 6.45) is 15.3. The Morgan fingerprint density at radius 3 is 2.15 bits per heavy atom. The van der Waals surface area contributed by atoms with E-state index >= 15 is 0 Å². The maximum absolute atomic E-state index is 14.4. The van der Waals surface area contributed by atoms with Crippen LogP contribution >= 0.6 is 0 Å². The van der Waals surface area contributed by atoms with Crippen molar-refractivity contribution in [2.45, 2.75) is 141 Å². The lowest BCUT2D eigenvalue weighted by Gasteiger charge is -2.34. The smallest absolute Gasteiger partial charge is 0.316 e. The van der Waals surface area contributed by atoms with Gasteiger partial charge in [-0.05, 0) is 61.7 Å². The largest absolute Gasteiger partial charge is 0.346 e. The first-order valence-electron chi connectivity index (χ1n) is 18.7. The van der Waals surface area contributed by atoms with Crippen LogP contribution in [0.1, 0.15) is 117 Å². The maximum Gasteiger partial charge on any atom is 0.316 e. The molecule has 0 unspecified atom stereocenters. The molecule has 5 aliphatic rings. The number of hydrogen-bond donors (Lipinski definition) is 4. The molecule has 0 bridgehead atoms. The van der Waals surface area contributed by atoms with Crippen LogP contribution in [0.2, 0.25) is 0 Å². The molecule has 5 rings (SSSR count). The molecule has 11 nitrogen and oxygen atoms in total. The number of hydrogen-bond acceptors (Lipinski definition) is 6. The van der Waals surface area contributed by atoms with Gasteiger partial charge in [0.05, 0.1) is 12.1 Å². The molecule has 3 saturated carbocycles. The monoisotopic (exact) mass is 667 g/mol. The van der Waals surface area contributed by atoms with Gasteiger partial charge in [0.15, 0.2) is 5.78 Å². The molecule has 3 aliphatic carbocycles. The summed E-state index contributed by atoms with van der Waals surface area (Å²) in [7, 11) is 0. The minimum Gasteiger partial charge on any atom is -0.346 e. The first-order valence-corrected chi connectivity index (χ1v) is 18.7. The van der Waals surface area contributed by atoms with Crippen molar-refractivity contribution in [1.29, 1.82) is 0 Å². The Labute approximate surface area is 285 Å². The summed E-state index contributed by atoms with van der Waals surface area (Å²) in [6, 6.07) is -3.70. The number of nitrogens with zero attached hydrogens (tertiary/aromatic N) is 1. The Hall–Kier alpha value is -3.24. The van der Waals surface area contributed by atoms with Crippen LogP contribution in [0.3, 0.4) is 0 Å². The van der Waals surface area contributed by atoms with E-state index in [4.69, 9.17) is 0 Å². The fourth-order valence-corrected chi connectivity index (χ4v) is 8.64. The molecule has 0 spiro atoms. The SMILES string of the molecule is C=CCNC(=O)C(=O)[C@@H]1CCCCCCCCC[C@H](NC(=O)N[C@H](C(=O)C2CC2)C2CCCCC2)C(=O)N2C[C@@H]3[C@H]([C@H]2C(=O)N1)C3(C)C. The quantitative estimate of drug-likeness (QED) is 0.216. The van der Waals surface area contributed by atoms with Crippen molar-refractivity contribution >= 4 is 35.3 Å². The van der Waals surface area contributed by atoms with E-state index in [-0.39, 0.29) is 47.3 Å². The Morgan fingerprint density at radius 2 is 1.50 bits per heavy atom. The number of ketones is 2. The molecule has 266 valence electrons. The molecule has 2 saturated heterocycles. The molecular formula is C37H57N5O6. The number of carbonyl (C=O) groups excluding carboxylic acids is 6. The van der Waals surface area contributed by atoms with Gasteiger partial charge in [0.1, 0.15) is 12.1 Å². The van der Waals surface area contributed by atoms with Gasteiger partial charge >= 0.3 is 6.03 Å². The van der Waals surface area contributed by atoms with E-state index in [1.807, 2.05) is 0 Å². The third-order valence-corrected chi connectivity index (χ3v) is 11.8. The third kappa shape index (κ3) is 8.48. The molecule has 5 amide bonds. The van der Waals surface area contributed by atoms with Gasteiger partial charge in [0.25, 0.3) is 5.91 Å².